The molecule has 25 heavy (non-hydrogen) atoms. The number of aryl methyl sites for hydroxylation is 1. The molecule has 0 saturated heterocycles. The third-order valence-corrected chi connectivity index (χ3v) is 3.61. The van der Waals surface area contributed by atoms with Crippen molar-refractivity contribution >= 4 is 22.7 Å². The highest BCUT2D eigenvalue weighted by atomic mass is 16.5. The highest BCUT2D eigenvalue weighted by Crippen LogP contribution is 2.26. The van der Waals surface area contributed by atoms with E-state index in [1.54, 1.807) is 19.1 Å². The molecule has 0 saturated carbocycles. The lowest BCUT2D eigenvalue weighted by Crippen LogP contribution is -2.05. The number of nitrogens with zero attached hydrogens (tertiary/aromatic N) is 3. The first-order valence-corrected chi connectivity index (χ1v) is 7.68. The molecule has 0 radical (unpaired) electrons. The van der Waals surface area contributed by atoms with Gasteiger partial charge in [-0.3, -0.25) is 4.79 Å². The van der Waals surface area contributed by atoms with Crippen LogP contribution in [0.2, 0.25) is 0 Å². The van der Waals surface area contributed by atoms with Gasteiger partial charge in [0.1, 0.15) is 5.52 Å². The summed E-state index contributed by atoms with van der Waals surface area (Å²) in [5.41, 5.74) is 3.64. The lowest BCUT2D eigenvalue weighted by molar-refractivity contribution is -0.114. The van der Waals surface area contributed by atoms with Crippen LogP contribution >= 0.6 is 0 Å². The van der Waals surface area contributed by atoms with Crippen molar-refractivity contribution in [2.75, 3.05) is 5.32 Å². The van der Waals surface area contributed by atoms with Crippen LogP contribution in [0.4, 0.5) is 5.69 Å². The quantitative estimate of drug-likeness (QED) is 0.612. The summed E-state index contributed by atoms with van der Waals surface area (Å²) in [5, 5.41) is 6.76. The second-order valence-corrected chi connectivity index (χ2v) is 5.60. The number of carbonyl (C=O) groups excluding carboxylic acids is 1. The van der Waals surface area contributed by atoms with Gasteiger partial charge in [0, 0.05) is 30.7 Å². The van der Waals surface area contributed by atoms with Gasteiger partial charge in [0.05, 0.1) is 0 Å². The van der Waals surface area contributed by atoms with Crippen LogP contribution in [0.1, 0.15) is 12.8 Å². The van der Waals surface area contributed by atoms with E-state index in [2.05, 4.69) is 20.4 Å². The molecule has 7 heteroatoms. The highest BCUT2D eigenvalue weighted by molar-refractivity contribution is 5.89. The molecule has 0 spiro atoms. The molecule has 0 fully saturated rings. The Hall–Kier alpha value is -3.48. The number of aromatic nitrogens is 3. The summed E-state index contributed by atoms with van der Waals surface area (Å²) in [6.45, 7) is 3.26. The number of carbonyl (C=O) groups is 1. The third kappa shape index (κ3) is 2.99. The molecule has 124 valence electrons. The lowest BCUT2D eigenvalue weighted by Gasteiger charge is -2.02. The van der Waals surface area contributed by atoms with Gasteiger partial charge in [-0.25, -0.2) is 4.98 Å². The SMILES string of the molecule is CC(=O)Nc1cccc(-c2nc(-c3ccc4oc(C)nc4c3)no2)c1. The summed E-state index contributed by atoms with van der Waals surface area (Å²) < 4.78 is 10.8. The Morgan fingerprint density at radius 3 is 2.80 bits per heavy atom. The molecule has 2 aromatic carbocycles. The maximum Gasteiger partial charge on any atom is 0.258 e. The third-order valence-electron chi connectivity index (χ3n) is 3.61. The zero-order valence-corrected chi connectivity index (χ0v) is 13.6. The van der Waals surface area contributed by atoms with Gasteiger partial charge in [0.25, 0.3) is 5.89 Å². The number of oxazole rings is 1. The number of amides is 1. The van der Waals surface area contributed by atoms with Crippen LogP contribution in [-0.2, 0) is 4.79 Å². The second-order valence-electron chi connectivity index (χ2n) is 5.60. The standard InChI is InChI=1S/C18H14N4O3/c1-10(23)19-14-5-3-4-13(8-14)18-21-17(22-25-18)12-6-7-16-15(9-12)20-11(2)24-16/h3-9H,1-2H3,(H,19,23). The number of rotatable bonds is 3. The fraction of sp³-hybridized carbons (Fsp3) is 0.111. The minimum atomic E-state index is -0.139. The summed E-state index contributed by atoms with van der Waals surface area (Å²) in [6, 6.07) is 12.8. The number of hydrogen-bond donors (Lipinski definition) is 1. The smallest absolute Gasteiger partial charge is 0.258 e. The highest BCUT2D eigenvalue weighted by Gasteiger charge is 2.13. The van der Waals surface area contributed by atoms with E-state index in [-0.39, 0.29) is 5.91 Å². The van der Waals surface area contributed by atoms with E-state index in [0.717, 1.165) is 16.6 Å². The van der Waals surface area contributed by atoms with E-state index in [1.807, 2.05) is 30.3 Å². The predicted molar refractivity (Wildman–Crippen MR) is 91.8 cm³/mol. The molecule has 0 aliphatic carbocycles. The van der Waals surface area contributed by atoms with Crippen molar-refractivity contribution in [1.29, 1.82) is 0 Å². The average molecular weight is 334 g/mol. The van der Waals surface area contributed by atoms with Crippen molar-refractivity contribution in [2.24, 2.45) is 0 Å². The Morgan fingerprint density at radius 2 is 1.96 bits per heavy atom. The zero-order chi connectivity index (χ0) is 17.4. The number of anilines is 1. The fourth-order valence-corrected chi connectivity index (χ4v) is 2.57. The van der Waals surface area contributed by atoms with Crippen molar-refractivity contribution in [2.45, 2.75) is 13.8 Å². The zero-order valence-electron chi connectivity index (χ0n) is 13.6. The molecule has 0 aliphatic heterocycles. The van der Waals surface area contributed by atoms with Crippen LogP contribution < -0.4 is 5.32 Å². The Labute approximate surface area is 142 Å². The molecule has 4 rings (SSSR count). The van der Waals surface area contributed by atoms with Gasteiger partial charge in [-0.05, 0) is 36.4 Å². The minimum Gasteiger partial charge on any atom is -0.441 e. The van der Waals surface area contributed by atoms with E-state index in [4.69, 9.17) is 8.94 Å². The molecular weight excluding hydrogens is 320 g/mol. The van der Waals surface area contributed by atoms with Crippen molar-refractivity contribution in [1.82, 2.24) is 15.1 Å². The molecule has 7 nitrogen and oxygen atoms in total. The van der Waals surface area contributed by atoms with Crippen LogP contribution in [0, 0.1) is 6.92 Å². The van der Waals surface area contributed by atoms with E-state index < -0.39 is 0 Å². The van der Waals surface area contributed by atoms with Gasteiger partial charge in [-0.15, -0.1) is 0 Å². The minimum absolute atomic E-state index is 0.139. The maximum absolute atomic E-state index is 11.2. The van der Waals surface area contributed by atoms with Crippen LogP contribution in [0.15, 0.2) is 51.4 Å². The fourth-order valence-electron chi connectivity index (χ4n) is 2.57. The summed E-state index contributed by atoms with van der Waals surface area (Å²) in [4.78, 5) is 19.9. The monoisotopic (exact) mass is 334 g/mol. The van der Waals surface area contributed by atoms with E-state index in [0.29, 0.717) is 28.9 Å². The van der Waals surface area contributed by atoms with Crippen molar-refractivity contribution < 1.29 is 13.7 Å². The summed E-state index contributed by atoms with van der Waals surface area (Å²) in [7, 11) is 0. The summed E-state index contributed by atoms with van der Waals surface area (Å²) in [6.07, 6.45) is 0. The van der Waals surface area contributed by atoms with Crippen LogP contribution in [0.25, 0.3) is 33.9 Å². The topological polar surface area (TPSA) is 94.1 Å². The maximum atomic E-state index is 11.2. The van der Waals surface area contributed by atoms with E-state index in [9.17, 15) is 4.79 Å². The van der Waals surface area contributed by atoms with Crippen LogP contribution in [-0.4, -0.2) is 21.0 Å². The Morgan fingerprint density at radius 1 is 1.08 bits per heavy atom. The van der Waals surface area contributed by atoms with Crippen molar-refractivity contribution in [3.8, 4) is 22.8 Å². The first kappa shape index (κ1) is 15.1. The number of hydrogen-bond acceptors (Lipinski definition) is 6. The molecule has 2 heterocycles. The molecule has 0 unspecified atom stereocenters. The van der Waals surface area contributed by atoms with Crippen LogP contribution in [0.5, 0.6) is 0 Å². The molecule has 4 aromatic rings. The van der Waals surface area contributed by atoms with Gasteiger partial charge in [0.2, 0.25) is 11.7 Å². The summed E-state index contributed by atoms with van der Waals surface area (Å²) >= 11 is 0. The second kappa shape index (κ2) is 5.86. The Bertz CT molecular complexity index is 1080. The molecular formula is C18H14N4O3. The number of nitrogens with one attached hydrogen (secondary N) is 1. The molecule has 1 N–H and O–H groups in total. The van der Waals surface area contributed by atoms with Gasteiger partial charge in [-0.2, -0.15) is 4.98 Å². The first-order valence-electron chi connectivity index (χ1n) is 7.68. The van der Waals surface area contributed by atoms with Gasteiger partial charge in [-0.1, -0.05) is 11.2 Å². The number of fused-ring (bicyclic) bond motifs is 1. The Kier molecular flexibility index (Phi) is 3.53. The molecule has 2 aromatic heterocycles. The number of benzene rings is 2. The average Bonchev–Trinajstić information content (AvgIpc) is 3.19. The Balaban J connectivity index is 1.68. The van der Waals surface area contributed by atoms with Crippen LogP contribution in [0.3, 0.4) is 0 Å². The normalized spacial score (nSPS) is 11.0. The van der Waals surface area contributed by atoms with Gasteiger partial charge >= 0.3 is 0 Å². The van der Waals surface area contributed by atoms with E-state index >= 15 is 0 Å². The lowest BCUT2D eigenvalue weighted by atomic mass is 10.2. The van der Waals surface area contributed by atoms with Crippen molar-refractivity contribution in [3.05, 3.63) is 48.4 Å². The molecule has 0 bridgehead atoms. The predicted octanol–water partition coefficient (Wildman–Crippen LogP) is 3.81. The summed E-state index contributed by atoms with van der Waals surface area (Å²) in [5.74, 6) is 1.30. The van der Waals surface area contributed by atoms with Gasteiger partial charge < -0.3 is 14.3 Å². The molecule has 0 atom stereocenters. The molecule has 0 aliphatic rings. The largest absolute Gasteiger partial charge is 0.441 e. The first-order chi connectivity index (χ1) is 12.1. The van der Waals surface area contributed by atoms with Gasteiger partial charge in [0.15, 0.2) is 11.5 Å². The molecule has 1 amide bonds. The van der Waals surface area contributed by atoms with Crippen molar-refractivity contribution in [3.63, 3.8) is 0 Å². The van der Waals surface area contributed by atoms with E-state index in [1.165, 1.54) is 6.92 Å².